The molecule has 2 fully saturated rings. The van der Waals surface area contributed by atoms with Gasteiger partial charge in [0.15, 0.2) is 11.5 Å². The maximum atomic E-state index is 13.1. The third-order valence-corrected chi connectivity index (χ3v) is 5.44. The Morgan fingerprint density at radius 2 is 2.12 bits per heavy atom. The Balaban J connectivity index is 1.57. The lowest BCUT2D eigenvalue weighted by Crippen LogP contribution is -2.37. The lowest BCUT2D eigenvalue weighted by atomic mass is 10.0. The number of para-hydroxylation sites is 1. The van der Waals surface area contributed by atoms with Crippen LogP contribution in [0, 0.1) is 5.92 Å². The quantitative estimate of drug-likeness (QED) is 0.841. The number of benzene rings is 1. The molecule has 2 saturated heterocycles. The molecule has 6 nitrogen and oxygen atoms in total. The van der Waals surface area contributed by atoms with E-state index in [2.05, 4.69) is 0 Å². The minimum Gasteiger partial charge on any atom is -0.486 e. The SMILES string of the molecule is CCN1C[C@H](C(=O)N2CCC[C@H]2c2cccc3c2OCCO3)CC1=O. The Bertz CT molecular complexity index is 690. The van der Waals surface area contributed by atoms with Crippen molar-refractivity contribution in [1.82, 2.24) is 9.80 Å². The van der Waals surface area contributed by atoms with Gasteiger partial charge in [0.1, 0.15) is 13.2 Å². The predicted molar refractivity (Wildman–Crippen MR) is 91.5 cm³/mol. The van der Waals surface area contributed by atoms with E-state index in [0.717, 1.165) is 36.4 Å². The number of amides is 2. The lowest BCUT2D eigenvalue weighted by Gasteiger charge is -2.30. The average Bonchev–Trinajstić information content (AvgIpc) is 3.27. The van der Waals surface area contributed by atoms with Crippen LogP contribution in [0.4, 0.5) is 0 Å². The Kier molecular flexibility index (Phi) is 4.27. The Hall–Kier alpha value is -2.24. The smallest absolute Gasteiger partial charge is 0.228 e. The molecule has 0 bridgehead atoms. The fourth-order valence-corrected chi connectivity index (χ4v) is 4.19. The van der Waals surface area contributed by atoms with Crippen molar-refractivity contribution in [2.75, 3.05) is 32.8 Å². The monoisotopic (exact) mass is 344 g/mol. The van der Waals surface area contributed by atoms with E-state index in [4.69, 9.17) is 9.47 Å². The highest BCUT2D eigenvalue weighted by Gasteiger charge is 2.40. The number of nitrogens with zero attached hydrogens (tertiary/aromatic N) is 2. The zero-order chi connectivity index (χ0) is 17.4. The predicted octanol–water partition coefficient (Wildman–Crippen LogP) is 1.99. The van der Waals surface area contributed by atoms with Crippen LogP contribution in [-0.2, 0) is 9.59 Å². The van der Waals surface area contributed by atoms with Crippen LogP contribution in [0.5, 0.6) is 11.5 Å². The lowest BCUT2D eigenvalue weighted by molar-refractivity contribution is -0.136. The molecule has 0 aliphatic carbocycles. The summed E-state index contributed by atoms with van der Waals surface area (Å²) in [5, 5.41) is 0. The maximum Gasteiger partial charge on any atom is 0.228 e. The minimum atomic E-state index is -0.218. The molecule has 4 rings (SSSR count). The normalized spacial score (nSPS) is 25.6. The van der Waals surface area contributed by atoms with Gasteiger partial charge in [-0.25, -0.2) is 0 Å². The number of ether oxygens (including phenoxy) is 2. The third-order valence-electron chi connectivity index (χ3n) is 5.44. The van der Waals surface area contributed by atoms with Crippen LogP contribution >= 0.6 is 0 Å². The van der Waals surface area contributed by atoms with Gasteiger partial charge in [-0.15, -0.1) is 0 Å². The Morgan fingerprint density at radius 3 is 2.92 bits per heavy atom. The molecule has 0 unspecified atom stereocenters. The van der Waals surface area contributed by atoms with Gasteiger partial charge in [0, 0.05) is 31.6 Å². The number of carbonyl (C=O) groups excluding carboxylic acids is 2. The average molecular weight is 344 g/mol. The summed E-state index contributed by atoms with van der Waals surface area (Å²) in [6.07, 6.45) is 2.23. The molecular formula is C19H24N2O4. The van der Waals surface area contributed by atoms with Gasteiger partial charge in [0.25, 0.3) is 0 Å². The molecule has 0 saturated carbocycles. The van der Waals surface area contributed by atoms with Crippen LogP contribution in [0.25, 0.3) is 0 Å². The Morgan fingerprint density at radius 1 is 1.28 bits per heavy atom. The molecule has 6 heteroatoms. The molecule has 0 spiro atoms. The van der Waals surface area contributed by atoms with Crippen LogP contribution < -0.4 is 9.47 Å². The topological polar surface area (TPSA) is 59.1 Å². The van der Waals surface area contributed by atoms with Gasteiger partial charge in [-0.05, 0) is 25.8 Å². The standard InChI is InChI=1S/C19H24N2O4/c1-2-20-12-13(11-17(20)22)19(23)21-8-4-6-15(21)14-5-3-7-16-18(14)25-10-9-24-16/h3,5,7,13,15H,2,4,6,8-12H2,1H3/t13-,15+/m1/s1. The number of hydrogen-bond donors (Lipinski definition) is 0. The van der Waals surface area contributed by atoms with Crippen molar-refractivity contribution in [3.63, 3.8) is 0 Å². The van der Waals surface area contributed by atoms with Crippen molar-refractivity contribution in [3.05, 3.63) is 23.8 Å². The first-order valence-electron chi connectivity index (χ1n) is 9.15. The fourth-order valence-electron chi connectivity index (χ4n) is 4.19. The molecule has 0 aromatic heterocycles. The number of likely N-dealkylation sites (tertiary alicyclic amines) is 2. The highest BCUT2D eigenvalue weighted by Crippen LogP contribution is 2.43. The second-order valence-corrected chi connectivity index (χ2v) is 6.89. The first-order valence-corrected chi connectivity index (χ1v) is 9.15. The van der Waals surface area contributed by atoms with E-state index in [1.54, 1.807) is 4.90 Å². The number of rotatable bonds is 3. The second kappa shape index (κ2) is 6.58. The number of fused-ring (bicyclic) bond motifs is 1. The van der Waals surface area contributed by atoms with Crippen molar-refractivity contribution in [3.8, 4) is 11.5 Å². The van der Waals surface area contributed by atoms with Crippen molar-refractivity contribution in [1.29, 1.82) is 0 Å². The summed E-state index contributed by atoms with van der Waals surface area (Å²) >= 11 is 0. The van der Waals surface area contributed by atoms with Crippen LogP contribution in [-0.4, -0.2) is 54.5 Å². The molecule has 2 amide bonds. The number of carbonyl (C=O) groups is 2. The van der Waals surface area contributed by atoms with Gasteiger partial charge in [-0.3, -0.25) is 9.59 Å². The molecule has 1 aromatic rings. The van der Waals surface area contributed by atoms with Gasteiger partial charge in [0.05, 0.1) is 12.0 Å². The molecule has 0 radical (unpaired) electrons. The van der Waals surface area contributed by atoms with Gasteiger partial charge < -0.3 is 19.3 Å². The van der Waals surface area contributed by atoms with Gasteiger partial charge in [-0.1, -0.05) is 12.1 Å². The zero-order valence-corrected chi connectivity index (χ0v) is 14.6. The zero-order valence-electron chi connectivity index (χ0n) is 14.6. The van der Waals surface area contributed by atoms with E-state index >= 15 is 0 Å². The summed E-state index contributed by atoms with van der Waals surface area (Å²) in [5.41, 5.74) is 1.03. The molecule has 3 aliphatic rings. The van der Waals surface area contributed by atoms with Gasteiger partial charge in [0.2, 0.25) is 11.8 Å². The molecule has 134 valence electrons. The van der Waals surface area contributed by atoms with Crippen LogP contribution in [0.3, 0.4) is 0 Å². The molecular weight excluding hydrogens is 320 g/mol. The second-order valence-electron chi connectivity index (χ2n) is 6.89. The summed E-state index contributed by atoms with van der Waals surface area (Å²) in [6.45, 7) is 5.00. The highest BCUT2D eigenvalue weighted by atomic mass is 16.6. The van der Waals surface area contributed by atoms with E-state index in [-0.39, 0.29) is 23.8 Å². The summed E-state index contributed by atoms with van der Waals surface area (Å²) < 4.78 is 11.5. The first-order chi connectivity index (χ1) is 12.2. The Labute approximate surface area is 147 Å². The third kappa shape index (κ3) is 2.83. The van der Waals surface area contributed by atoms with E-state index in [1.807, 2.05) is 30.0 Å². The summed E-state index contributed by atoms with van der Waals surface area (Å²) in [6, 6.07) is 5.91. The molecule has 25 heavy (non-hydrogen) atoms. The number of hydrogen-bond acceptors (Lipinski definition) is 4. The summed E-state index contributed by atoms with van der Waals surface area (Å²) in [4.78, 5) is 28.8. The highest BCUT2D eigenvalue weighted by molar-refractivity contribution is 5.89. The van der Waals surface area contributed by atoms with Crippen LogP contribution in [0.1, 0.15) is 37.8 Å². The largest absolute Gasteiger partial charge is 0.486 e. The van der Waals surface area contributed by atoms with E-state index < -0.39 is 0 Å². The minimum absolute atomic E-state index is 0.00919. The van der Waals surface area contributed by atoms with E-state index in [1.165, 1.54) is 0 Å². The maximum absolute atomic E-state index is 13.1. The molecule has 3 heterocycles. The van der Waals surface area contributed by atoms with E-state index in [9.17, 15) is 9.59 Å². The van der Waals surface area contributed by atoms with Crippen LogP contribution in [0.15, 0.2) is 18.2 Å². The molecule has 3 aliphatic heterocycles. The van der Waals surface area contributed by atoms with Gasteiger partial charge in [-0.2, -0.15) is 0 Å². The van der Waals surface area contributed by atoms with Gasteiger partial charge >= 0.3 is 0 Å². The van der Waals surface area contributed by atoms with Crippen LogP contribution in [0.2, 0.25) is 0 Å². The molecule has 1 aromatic carbocycles. The molecule has 2 atom stereocenters. The summed E-state index contributed by atoms with van der Waals surface area (Å²) in [5.74, 6) is 1.50. The molecule has 0 N–H and O–H groups in total. The van der Waals surface area contributed by atoms with Crippen molar-refractivity contribution >= 4 is 11.8 Å². The van der Waals surface area contributed by atoms with Crippen molar-refractivity contribution in [2.45, 2.75) is 32.2 Å². The first kappa shape index (κ1) is 16.2. The van der Waals surface area contributed by atoms with E-state index in [0.29, 0.717) is 32.7 Å². The van der Waals surface area contributed by atoms with Crippen molar-refractivity contribution < 1.29 is 19.1 Å². The fraction of sp³-hybridized carbons (Fsp3) is 0.579. The van der Waals surface area contributed by atoms with Crippen molar-refractivity contribution in [2.24, 2.45) is 5.92 Å². The summed E-state index contributed by atoms with van der Waals surface area (Å²) in [7, 11) is 0.